The summed E-state index contributed by atoms with van der Waals surface area (Å²) in [6.07, 6.45) is 1.38. The molecule has 106 valence electrons. The average Bonchev–Trinajstić information content (AvgIpc) is 2.96. The van der Waals surface area contributed by atoms with E-state index in [9.17, 15) is 9.90 Å². The number of carboxylic acid groups (broad SMARTS) is 1. The molecule has 0 atom stereocenters. The normalized spacial score (nSPS) is 10.5. The fourth-order valence-electron chi connectivity index (χ4n) is 1.84. The summed E-state index contributed by atoms with van der Waals surface area (Å²) in [5.74, 6) is -0.0843. The number of ether oxygens (including phenoxy) is 2. The van der Waals surface area contributed by atoms with E-state index < -0.39 is 5.97 Å². The van der Waals surface area contributed by atoms with Crippen molar-refractivity contribution in [2.45, 2.75) is 0 Å². The lowest BCUT2D eigenvalue weighted by Crippen LogP contribution is -2.01. The zero-order chi connectivity index (χ0) is 14.8. The quantitative estimate of drug-likeness (QED) is 0.797. The molecule has 1 aromatic carbocycles. The Hall–Kier alpha value is -2.67. The topological polar surface area (TPSA) is 81.5 Å². The second-order valence-electron chi connectivity index (χ2n) is 4.09. The minimum absolute atomic E-state index is 0.0396. The van der Waals surface area contributed by atoms with E-state index in [0.717, 1.165) is 10.2 Å². The van der Waals surface area contributed by atoms with E-state index in [0.29, 0.717) is 11.6 Å². The number of aromatic carboxylic acids is 1. The van der Waals surface area contributed by atoms with Crippen LogP contribution in [0.5, 0.6) is 17.4 Å². The Morgan fingerprint density at radius 1 is 1.29 bits per heavy atom. The second kappa shape index (κ2) is 5.37. The highest BCUT2D eigenvalue weighted by atomic mass is 32.1. The van der Waals surface area contributed by atoms with Crippen molar-refractivity contribution in [1.82, 2.24) is 9.97 Å². The molecule has 21 heavy (non-hydrogen) atoms. The monoisotopic (exact) mass is 302 g/mol. The van der Waals surface area contributed by atoms with Crippen LogP contribution in [0.3, 0.4) is 0 Å². The molecule has 3 rings (SSSR count). The summed E-state index contributed by atoms with van der Waals surface area (Å²) >= 11 is 1.46. The molecule has 0 fully saturated rings. The largest absolute Gasteiger partial charge is 0.497 e. The van der Waals surface area contributed by atoms with Gasteiger partial charge in [-0.25, -0.2) is 14.8 Å². The first-order valence-corrected chi connectivity index (χ1v) is 6.84. The number of thiophene rings is 1. The summed E-state index contributed by atoms with van der Waals surface area (Å²) < 4.78 is 10.8. The van der Waals surface area contributed by atoms with Gasteiger partial charge in [0.15, 0.2) is 0 Å². The van der Waals surface area contributed by atoms with Gasteiger partial charge in [-0.2, -0.15) is 0 Å². The van der Waals surface area contributed by atoms with Crippen LogP contribution in [0.15, 0.2) is 36.0 Å². The third-order valence-corrected chi connectivity index (χ3v) is 3.67. The number of rotatable bonds is 4. The lowest BCUT2D eigenvalue weighted by Gasteiger charge is -2.10. The van der Waals surface area contributed by atoms with Gasteiger partial charge in [0.25, 0.3) is 0 Å². The molecule has 0 radical (unpaired) electrons. The fourth-order valence-corrected chi connectivity index (χ4v) is 2.57. The van der Waals surface area contributed by atoms with E-state index in [4.69, 9.17) is 9.47 Å². The van der Waals surface area contributed by atoms with Crippen molar-refractivity contribution in [3.05, 3.63) is 41.5 Å². The van der Waals surface area contributed by atoms with Crippen LogP contribution < -0.4 is 9.47 Å². The van der Waals surface area contributed by atoms with Crippen molar-refractivity contribution in [2.24, 2.45) is 0 Å². The zero-order valence-corrected chi connectivity index (χ0v) is 11.8. The number of nitrogens with zero attached hydrogens (tertiary/aromatic N) is 2. The highest BCUT2D eigenvalue weighted by molar-refractivity contribution is 7.16. The Labute approximate surface area is 123 Å². The van der Waals surface area contributed by atoms with Gasteiger partial charge in [-0.05, 0) is 23.6 Å². The van der Waals surface area contributed by atoms with Gasteiger partial charge in [0.2, 0.25) is 5.88 Å². The summed E-state index contributed by atoms with van der Waals surface area (Å²) in [6.45, 7) is 0. The van der Waals surface area contributed by atoms with Crippen LogP contribution in [0.4, 0.5) is 0 Å². The van der Waals surface area contributed by atoms with Gasteiger partial charge in [-0.1, -0.05) is 0 Å². The molecule has 2 heterocycles. The molecule has 0 aliphatic rings. The summed E-state index contributed by atoms with van der Waals surface area (Å²) in [7, 11) is 1.50. The zero-order valence-electron chi connectivity index (χ0n) is 10.9. The first-order valence-electron chi connectivity index (χ1n) is 5.96. The standard InChI is InChI=1S/C14H10N2O4S/c1-19-8-2-3-9(14(17)18)11(6-8)20-12-10-4-5-21-13(10)16-7-15-12/h2-7H,1H3,(H,17,18). The van der Waals surface area contributed by atoms with E-state index in [-0.39, 0.29) is 11.3 Å². The number of benzene rings is 1. The van der Waals surface area contributed by atoms with Gasteiger partial charge in [0.1, 0.15) is 28.2 Å². The van der Waals surface area contributed by atoms with Crippen LogP contribution in [0, 0.1) is 0 Å². The van der Waals surface area contributed by atoms with E-state index in [1.54, 1.807) is 6.07 Å². The maximum absolute atomic E-state index is 11.3. The molecule has 3 aromatic rings. The maximum Gasteiger partial charge on any atom is 0.339 e. The third-order valence-electron chi connectivity index (χ3n) is 2.85. The van der Waals surface area contributed by atoms with Crippen molar-refractivity contribution < 1.29 is 19.4 Å². The SMILES string of the molecule is COc1ccc(C(=O)O)c(Oc2ncnc3sccc23)c1. The Kier molecular flexibility index (Phi) is 3.41. The maximum atomic E-state index is 11.3. The van der Waals surface area contributed by atoms with Crippen LogP contribution in [-0.2, 0) is 0 Å². The molecular weight excluding hydrogens is 292 g/mol. The van der Waals surface area contributed by atoms with Crippen LogP contribution in [0.2, 0.25) is 0 Å². The van der Waals surface area contributed by atoms with E-state index in [2.05, 4.69) is 9.97 Å². The molecule has 0 saturated carbocycles. The molecule has 0 saturated heterocycles. The molecule has 0 amide bonds. The number of methoxy groups -OCH3 is 1. The Morgan fingerprint density at radius 3 is 2.90 bits per heavy atom. The van der Waals surface area contributed by atoms with Crippen molar-refractivity contribution in [1.29, 1.82) is 0 Å². The third kappa shape index (κ3) is 2.50. The van der Waals surface area contributed by atoms with Gasteiger partial charge in [-0.15, -0.1) is 11.3 Å². The first-order chi connectivity index (χ1) is 10.2. The summed E-state index contributed by atoms with van der Waals surface area (Å²) in [4.78, 5) is 20.2. The minimum Gasteiger partial charge on any atom is -0.497 e. The first kappa shape index (κ1) is 13.3. The van der Waals surface area contributed by atoms with Gasteiger partial charge in [-0.3, -0.25) is 0 Å². The van der Waals surface area contributed by atoms with Gasteiger partial charge in [0.05, 0.1) is 12.5 Å². The van der Waals surface area contributed by atoms with Crippen LogP contribution in [-0.4, -0.2) is 28.2 Å². The number of fused-ring (bicyclic) bond motifs is 1. The molecule has 2 aromatic heterocycles. The van der Waals surface area contributed by atoms with Crippen LogP contribution in [0.1, 0.15) is 10.4 Å². The van der Waals surface area contributed by atoms with Crippen molar-refractivity contribution in [3.63, 3.8) is 0 Å². The summed E-state index contributed by atoms with van der Waals surface area (Å²) in [5, 5.41) is 11.8. The molecule has 0 unspecified atom stereocenters. The smallest absolute Gasteiger partial charge is 0.339 e. The van der Waals surface area contributed by atoms with Crippen LogP contribution >= 0.6 is 11.3 Å². The highest BCUT2D eigenvalue weighted by Crippen LogP contribution is 2.33. The lowest BCUT2D eigenvalue weighted by molar-refractivity contribution is 0.0694. The number of hydrogen-bond acceptors (Lipinski definition) is 6. The van der Waals surface area contributed by atoms with Gasteiger partial charge < -0.3 is 14.6 Å². The van der Waals surface area contributed by atoms with Crippen molar-refractivity contribution in [2.75, 3.05) is 7.11 Å². The number of aromatic nitrogens is 2. The number of hydrogen-bond donors (Lipinski definition) is 1. The average molecular weight is 302 g/mol. The molecule has 0 spiro atoms. The van der Waals surface area contributed by atoms with Crippen LogP contribution in [0.25, 0.3) is 10.2 Å². The van der Waals surface area contributed by atoms with E-state index >= 15 is 0 Å². The summed E-state index contributed by atoms with van der Waals surface area (Å²) in [5.41, 5.74) is 0.0396. The summed E-state index contributed by atoms with van der Waals surface area (Å²) in [6, 6.07) is 6.35. The molecule has 7 heteroatoms. The van der Waals surface area contributed by atoms with Gasteiger partial charge >= 0.3 is 5.97 Å². The van der Waals surface area contributed by atoms with Crippen molar-refractivity contribution in [3.8, 4) is 17.4 Å². The molecule has 1 N–H and O–H groups in total. The Bertz CT molecular complexity index is 816. The number of carbonyl (C=O) groups is 1. The molecule has 0 bridgehead atoms. The Morgan fingerprint density at radius 2 is 2.14 bits per heavy atom. The predicted octanol–water partition coefficient (Wildman–Crippen LogP) is 3.19. The Balaban J connectivity index is 2.08. The molecule has 6 nitrogen and oxygen atoms in total. The van der Waals surface area contributed by atoms with E-state index in [1.165, 1.54) is 36.9 Å². The molecule has 0 aliphatic carbocycles. The number of carboxylic acids is 1. The molecule has 0 aliphatic heterocycles. The fraction of sp³-hybridized carbons (Fsp3) is 0.0714. The van der Waals surface area contributed by atoms with Gasteiger partial charge in [0, 0.05) is 6.07 Å². The highest BCUT2D eigenvalue weighted by Gasteiger charge is 2.15. The predicted molar refractivity (Wildman–Crippen MR) is 77.4 cm³/mol. The van der Waals surface area contributed by atoms with Crippen molar-refractivity contribution >= 4 is 27.5 Å². The second-order valence-corrected chi connectivity index (χ2v) is 4.98. The molecular formula is C14H10N2O4S. The minimum atomic E-state index is -1.08. The lowest BCUT2D eigenvalue weighted by atomic mass is 10.2. The van der Waals surface area contributed by atoms with E-state index in [1.807, 2.05) is 11.4 Å².